The molecular weight excluding hydrogens is 309 g/mol. The van der Waals surface area contributed by atoms with E-state index in [-0.39, 0.29) is 18.3 Å². The summed E-state index contributed by atoms with van der Waals surface area (Å²) >= 11 is 0. The van der Waals surface area contributed by atoms with Crippen LogP contribution in [-0.2, 0) is 4.79 Å². The molecule has 0 aromatic heterocycles. The van der Waals surface area contributed by atoms with Crippen LogP contribution in [0.2, 0.25) is 0 Å². The van der Waals surface area contributed by atoms with Gasteiger partial charge in [-0.25, -0.2) is 9.82 Å². The fourth-order valence-corrected chi connectivity index (χ4v) is 2.07. The molecule has 2 N–H and O–H groups in total. The molecule has 0 aliphatic carbocycles. The molecule has 24 heavy (non-hydrogen) atoms. The van der Waals surface area contributed by atoms with Crippen molar-refractivity contribution in [2.75, 3.05) is 19.0 Å². The van der Waals surface area contributed by atoms with Gasteiger partial charge in [0.2, 0.25) is 0 Å². The summed E-state index contributed by atoms with van der Waals surface area (Å²) in [6, 6.07) is 13.3. The fourth-order valence-electron chi connectivity index (χ4n) is 2.07. The number of rotatable bonds is 7. The molecule has 0 saturated carbocycles. The number of carbonyl (C=O) groups excluding carboxylic acids is 1. The maximum atomic E-state index is 13.0. The van der Waals surface area contributed by atoms with Crippen LogP contribution in [0.25, 0.3) is 0 Å². The van der Waals surface area contributed by atoms with Crippen LogP contribution in [0.5, 0.6) is 5.75 Å². The largest absolute Gasteiger partial charge is 0.497 e. The molecule has 0 bridgehead atoms. The maximum Gasteiger partial charge on any atom is 0.259 e. The highest BCUT2D eigenvalue weighted by atomic mass is 19.1. The number of hydrogen-bond acceptors (Lipinski definition) is 4. The smallest absolute Gasteiger partial charge is 0.259 e. The molecule has 2 aromatic rings. The molecule has 0 saturated heterocycles. The molecule has 1 amide bonds. The third kappa shape index (κ3) is 5.08. The Kier molecular flexibility index (Phi) is 6.31. The Morgan fingerprint density at radius 1 is 1.21 bits per heavy atom. The lowest BCUT2D eigenvalue weighted by atomic mass is 10.1. The lowest BCUT2D eigenvalue weighted by Gasteiger charge is -2.08. The van der Waals surface area contributed by atoms with Crippen molar-refractivity contribution in [2.45, 2.75) is 13.3 Å². The number of nitrogens with one attached hydrogen (secondary N) is 2. The van der Waals surface area contributed by atoms with Gasteiger partial charge in [0.1, 0.15) is 11.6 Å². The number of anilines is 1. The van der Waals surface area contributed by atoms with E-state index in [0.717, 1.165) is 11.3 Å². The predicted molar refractivity (Wildman–Crippen MR) is 92.9 cm³/mol. The van der Waals surface area contributed by atoms with Crippen molar-refractivity contribution in [3.05, 3.63) is 59.9 Å². The van der Waals surface area contributed by atoms with Crippen LogP contribution in [0.1, 0.15) is 18.9 Å². The lowest BCUT2D eigenvalue weighted by Crippen LogP contribution is -2.27. The average molecular weight is 329 g/mol. The normalized spacial score (nSPS) is 11.0. The van der Waals surface area contributed by atoms with E-state index in [4.69, 9.17) is 4.74 Å². The van der Waals surface area contributed by atoms with E-state index in [1.165, 1.54) is 12.1 Å². The lowest BCUT2D eigenvalue weighted by molar-refractivity contribution is -0.119. The van der Waals surface area contributed by atoms with Crippen LogP contribution in [0, 0.1) is 5.82 Å². The van der Waals surface area contributed by atoms with Gasteiger partial charge in [-0.15, -0.1) is 0 Å². The molecule has 0 aliphatic rings. The van der Waals surface area contributed by atoms with Crippen molar-refractivity contribution >= 4 is 17.3 Å². The second kappa shape index (κ2) is 8.67. The summed E-state index contributed by atoms with van der Waals surface area (Å²) in [5.74, 6) is 0.134. The highest BCUT2D eigenvalue weighted by Crippen LogP contribution is 2.16. The van der Waals surface area contributed by atoms with Gasteiger partial charge in [-0.3, -0.25) is 4.79 Å². The topological polar surface area (TPSA) is 62.7 Å². The van der Waals surface area contributed by atoms with Gasteiger partial charge >= 0.3 is 0 Å². The first-order valence-electron chi connectivity index (χ1n) is 7.61. The third-order valence-corrected chi connectivity index (χ3v) is 3.35. The Balaban J connectivity index is 1.91. The quantitative estimate of drug-likeness (QED) is 0.606. The van der Waals surface area contributed by atoms with Crippen molar-refractivity contribution in [1.29, 1.82) is 0 Å². The van der Waals surface area contributed by atoms with Crippen molar-refractivity contribution < 1.29 is 13.9 Å². The molecule has 0 atom stereocenters. The summed E-state index contributed by atoms with van der Waals surface area (Å²) in [7, 11) is 1.59. The maximum absolute atomic E-state index is 13.0. The summed E-state index contributed by atoms with van der Waals surface area (Å²) < 4.78 is 18.1. The zero-order chi connectivity index (χ0) is 17.4. The van der Waals surface area contributed by atoms with E-state index in [1.807, 2.05) is 25.1 Å². The van der Waals surface area contributed by atoms with Gasteiger partial charge in [-0.05, 0) is 36.2 Å². The van der Waals surface area contributed by atoms with Crippen LogP contribution in [0.15, 0.2) is 53.6 Å². The summed E-state index contributed by atoms with van der Waals surface area (Å²) in [6.07, 6.45) is 0.620. The molecule has 6 heteroatoms. The first kappa shape index (κ1) is 17.5. The highest BCUT2D eigenvalue weighted by molar-refractivity contribution is 6.01. The Hall–Kier alpha value is -2.89. The molecule has 5 nitrogen and oxygen atoms in total. The van der Waals surface area contributed by atoms with Crippen molar-refractivity contribution in [3.8, 4) is 5.75 Å². The van der Waals surface area contributed by atoms with Crippen LogP contribution in [0.4, 0.5) is 10.1 Å². The standard InChI is InChI=1S/C18H20FN3O2/c1-3-17(13-7-9-14(19)10-8-13)21-22-18(23)12-20-15-5-4-6-16(11-15)24-2/h4-11,20H,3,12H2,1-2H3,(H,22,23)/b21-17-. The first-order chi connectivity index (χ1) is 11.6. The number of methoxy groups -OCH3 is 1. The number of benzene rings is 2. The van der Waals surface area contributed by atoms with Gasteiger partial charge < -0.3 is 10.1 Å². The van der Waals surface area contributed by atoms with Crippen LogP contribution in [-0.4, -0.2) is 25.3 Å². The SMILES string of the molecule is CC/C(=N/NC(=O)CNc1cccc(OC)c1)c1ccc(F)cc1. The van der Waals surface area contributed by atoms with Gasteiger partial charge in [0.05, 0.1) is 19.4 Å². The molecule has 2 aromatic carbocycles. The molecule has 0 spiro atoms. The van der Waals surface area contributed by atoms with Crippen molar-refractivity contribution in [2.24, 2.45) is 5.10 Å². The highest BCUT2D eigenvalue weighted by Gasteiger charge is 2.04. The van der Waals surface area contributed by atoms with Gasteiger partial charge in [0.25, 0.3) is 5.91 Å². The van der Waals surface area contributed by atoms with E-state index in [2.05, 4.69) is 15.8 Å². The number of ether oxygens (including phenoxy) is 1. The number of halogens is 1. The van der Waals surface area contributed by atoms with Gasteiger partial charge in [0.15, 0.2) is 0 Å². The minimum atomic E-state index is -0.305. The number of amides is 1. The van der Waals surface area contributed by atoms with Gasteiger partial charge in [-0.1, -0.05) is 25.1 Å². The molecule has 0 radical (unpaired) electrons. The Morgan fingerprint density at radius 3 is 2.62 bits per heavy atom. The fraction of sp³-hybridized carbons (Fsp3) is 0.222. The van der Waals surface area contributed by atoms with E-state index in [1.54, 1.807) is 25.3 Å². The summed E-state index contributed by atoms with van der Waals surface area (Å²) in [5.41, 5.74) is 4.75. The molecular formula is C18H20FN3O2. The number of carbonyl (C=O) groups is 1. The Labute approximate surface area is 140 Å². The summed E-state index contributed by atoms with van der Waals surface area (Å²) in [5, 5.41) is 7.12. The van der Waals surface area contributed by atoms with Crippen molar-refractivity contribution in [1.82, 2.24) is 5.43 Å². The molecule has 0 heterocycles. The number of nitrogens with zero attached hydrogens (tertiary/aromatic N) is 1. The van der Waals surface area contributed by atoms with Crippen LogP contribution in [0.3, 0.4) is 0 Å². The van der Waals surface area contributed by atoms with E-state index < -0.39 is 0 Å². The minimum Gasteiger partial charge on any atom is -0.497 e. The molecule has 0 unspecified atom stereocenters. The van der Waals surface area contributed by atoms with Crippen molar-refractivity contribution in [3.63, 3.8) is 0 Å². The molecule has 0 fully saturated rings. The van der Waals surface area contributed by atoms with Crippen LogP contribution >= 0.6 is 0 Å². The number of hydrazone groups is 1. The predicted octanol–water partition coefficient (Wildman–Crippen LogP) is 3.18. The average Bonchev–Trinajstić information content (AvgIpc) is 2.62. The zero-order valence-corrected chi connectivity index (χ0v) is 13.7. The molecule has 126 valence electrons. The Morgan fingerprint density at radius 2 is 1.96 bits per heavy atom. The second-order valence-electron chi connectivity index (χ2n) is 5.04. The van der Waals surface area contributed by atoms with Gasteiger partial charge in [0, 0.05) is 11.8 Å². The first-order valence-corrected chi connectivity index (χ1v) is 7.61. The van der Waals surface area contributed by atoms with E-state index in [9.17, 15) is 9.18 Å². The van der Waals surface area contributed by atoms with Gasteiger partial charge in [-0.2, -0.15) is 5.10 Å². The molecule has 2 rings (SSSR count). The molecule has 0 aliphatic heterocycles. The summed E-state index contributed by atoms with van der Waals surface area (Å²) in [4.78, 5) is 11.9. The summed E-state index contributed by atoms with van der Waals surface area (Å²) in [6.45, 7) is 2.00. The zero-order valence-electron chi connectivity index (χ0n) is 13.7. The van der Waals surface area contributed by atoms with E-state index in [0.29, 0.717) is 17.9 Å². The minimum absolute atomic E-state index is 0.0804. The third-order valence-electron chi connectivity index (χ3n) is 3.35. The number of hydrogen-bond donors (Lipinski definition) is 2. The van der Waals surface area contributed by atoms with Crippen LogP contribution < -0.4 is 15.5 Å². The van der Waals surface area contributed by atoms with E-state index >= 15 is 0 Å². The second-order valence-corrected chi connectivity index (χ2v) is 5.04. The Bertz CT molecular complexity index is 714. The monoisotopic (exact) mass is 329 g/mol.